The molecule has 2 aliphatic rings. The van der Waals surface area contributed by atoms with Crippen LogP contribution in [0.1, 0.15) is 46.5 Å². The maximum atomic E-state index is 5.65. The van der Waals surface area contributed by atoms with Crippen molar-refractivity contribution in [2.24, 2.45) is 10.4 Å². The van der Waals surface area contributed by atoms with Gasteiger partial charge in [-0.15, -0.1) is 0 Å². The molecule has 2 fully saturated rings. The number of methoxy groups -OCH3 is 1. The molecule has 2 unspecified atom stereocenters. The van der Waals surface area contributed by atoms with Gasteiger partial charge in [-0.3, -0.25) is 4.99 Å². The predicted molar refractivity (Wildman–Crippen MR) is 74.9 cm³/mol. The second kappa shape index (κ2) is 4.72. The first kappa shape index (κ1) is 13.7. The summed E-state index contributed by atoms with van der Waals surface area (Å²) >= 11 is 0. The predicted octanol–water partition coefficient (Wildman–Crippen LogP) is 1.91. The van der Waals surface area contributed by atoms with Crippen LogP contribution in [0.15, 0.2) is 4.99 Å². The number of aliphatic imine (C=N–C) groups is 1. The first-order chi connectivity index (χ1) is 8.43. The van der Waals surface area contributed by atoms with Crippen LogP contribution in [-0.2, 0) is 4.74 Å². The Morgan fingerprint density at radius 2 is 1.89 bits per heavy atom. The number of ether oxygens (including phenoxy) is 1. The summed E-state index contributed by atoms with van der Waals surface area (Å²) in [4.78, 5) is 4.32. The highest BCUT2D eigenvalue weighted by molar-refractivity contribution is 5.80. The van der Waals surface area contributed by atoms with Crippen molar-refractivity contribution in [1.29, 1.82) is 0 Å². The monoisotopic (exact) mass is 253 g/mol. The molecule has 18 heavy (non-hydrogen) atoms. The second-order valence-electron chi connectivity index (χ2n) is 6.40. The van der Waals surface area contributed by atoms with Gasteiger partial charge >= 0.3 is 0 Å². The summed E-state index contributed by atoms with van der Waals surface area (Å²) in [7, 11) is 3.65. The van der Waals surface area contributed by atoms with E-state index >= 15 is 0 Å². The highest BCUT2D eigenvalue weighted by Crippen LogP contribution is 2.51. The maximum absolute atomic E-state index is 5.65. The molecule has 0 aliphatic heterocycles. The van der Waals surface area contributed by atoms with E-state index in [1.807, 2.05) is 7.05 Å². The minimum atomic E-state index is -0.0278. The Morgan fingerprint density at radius 1 is 1.22 bits per heavy atom. The van der Waals surface area contributed by atoms with E-state index in [1.54, 1.807) is 7.11 Å². The summed E-state index contributed by atoms with van der Waals surface area (Å²) in [5, 5.41) is 7.02. The summed E-state index contributed by atoms with van der Waals surface area (Å²) in [6.45, 7) is 6.70. The third-order valence-electron chi connectivity index (χ3n) is 5.26. The van der Waals surface area contributed by atoms with E-state index in [0.717, 1.165) is 12.4 Å². The number of rotatable bonds is 3. The normalized spacial score (nSPS) is 35.6. The largest absolute Gasteiger partial charge is 0.378 e. The molecule has 0 aromatic heterocycles. The molecular formula is C14H27N3O. The summed E-state index contributed by atoms with van der Waals surface area (Å²) in [5.41, 5.74) is 0.0962. The van der Waals surface area contributed by atoms with E-state index in [9.17, 15) is 0 Å². The van der Waals surface area contributed by atoms with Gasteiger partial charge in [0.25, 0.3) is 0 Å². The highest BCUT2D eigenvalue weighted by Gasteiger charge is 2.58. The first-order valence-corrected chi connectivity index (χ1v) is 6.98. The van der Waals surface area contributed by atoms with Crippen molar-refractivity contribution in [2.45, 2.75) is 64.1 Å². The van der Waals surface area contributed by atoms with E-state index in [1.165, 1.54) is 19.3 Å². The van der Waals surface area contributed by atoms with Crippen LogP contribution >= 0.6 is 0 Å². The molecule has 2 rings (SSSR count). The van der Waals surface area contributed by atoms with Crippen LogP contribution < -0.4 is 10.6 Å². The van der Waals surface area contributed by atoms with Gasteiger partial charge in [0, 0.05) is 31.7 Å². The van der Waals surface area contributed by atoms with Gasteiger partial charge in [0.1, 0.15) is 0 Å². The van der Waals surface area contributed by atoms with Crippen LogP contribution in [0.3, 0.4) is 0 Å². The van der Waals surface area contributed by atoms with Crippen LogP contribution in [0.2, 0.25) is 0 Å². The number of nitrogens with zero attached hydrogens (tertiary/aromatic N) is 1. The number of hydrogen-bond donors (Lipinski definition) is 2. The fourth-order valence-corrected chi connectivity index (χ4v) is 2.80. The Bertz CT molecular complexity index is 336. The molecule has 0 heterocycles. The van der Waals surface area contributed by atoms with E-state index in [0.29, 0.717) is 12.1 Å². The Balaban J connectivity index is 1.90. The standard InChI is InChI=1S/C14H27N3O/c1-13(2)11(9-14(13,3)18-5)17-12(15-4)16-10-7-6-8-10/h10-11H,6-9H2,1-5H3,(H2,15,16,17). The van der Waals surface area contributed by atoms with E-state index in [-0.39, 0.29) is 11.0 Å². The molecule has 0 spiro atoms. The van der Waals surface area contributed by atoms with Gasteiger partial charge in [-0.05, 0) is 32.6 Å². The van der Waals surface area contributed by atoms with Crippen molar-refractivity contribution in [3.63, 3.8) is 0 Å². The van der Waals surface area contributed by atoms with Gasteiger partial charge < -0.3 is 15.4 Å². The molecule has 2 N–H and O–H groups in total. The zero-order chi connectivity index (χ0) is 13.4. The molecule has 2 aliphatic carbocycles. The van der Waals surface area contributed by atoms with Crippen LogP contribution in [0, 0.1) is 5.41 Å². The molecule has 2 atom stereocenters. The van der Waals surface area contributed by atoms with Crippen LogP contribution in [-0.4, -0.2) is 37.8 Å². The molecule has 0 bridgehead atoms. The number of guanidine groups is 1. The molecule has 0 saturated heterocycles. The van der Waals surface area contributed by atoms with E-state index in [4.69, 9.17) is 4.74 Å². The molecule has 2 saturated carbocycles. The lowest BCUT2D eigenvalue weighted by Crippen LogP contribution is -2.69. The van der Waals surface area contributed by atoms with Crippen LogP contribution in [0.5, 0.6) is 0 Å². The van der Waals surface area contributed by atoms with Crippen LogP contribution in [0.25, 0.3) is 0 Å². The minimum Gasteiger partial charge on any atom is -0.378 e. The lowest BCUT2D eigenvalue weighted by molar-refractivity contribution is -0.176. The maximum Gasteiger partial charge on any atom is 0.191 e. The molecule has 0 aromatic rings. The van der Waals surface area contributed by atoms with E-state index < -0.39 is 0 Å². The van der Waals surface area contributed by atoms with Crippen molar-refractivity contribution in [3.8, 4) is 0 Å². The molecule has 0 radical (unpaired) electrons. The third-order valence-corrected chi connectivity index (χ3v) is 5.26. The van der Waals surface area contributed by atoms with Gasteiger partial charge in [-0.25, -0.2) is 0 Å². The van der Waals surface area contributed by atoms with E-state index in [2.05, 4.69) is 36.4 Å². The summed E-state index contributed by atoms with van der Waals surface area (Å²) in [6.07, 6.45) is 4.91. The minimum absolute atomic E-state index is 0.0278. The van der Waals surface area contributed by atoms with Crippen molar-refractivity contribution < 1.29 is 4.74 Å². The lowest BCUT2D eigenvalue weighted by atomic mass is 9.56. The van der Waals surface area contributed by atoms with Gasteiger partial charge in [-0.2, -0.15) is 0 Å². The average molecular weight is 253 g/mol. The Morgan fingerprint density at radius 3 is 2.28 bits per heavy atom. The Labute approximate surface area is 111 Å². The van der Waals surface area contributed by atoms with Gasteiger partial charge in [0.05, 0.1) is 5.60 Å². The third kappa shape index (κ3) is 2.11. The fraction of sp³-hybridized carbons (Fsp3) is 0.929. The Kier molecular flexibility index (Phi) is 3.58. The van der Waals surface area contributed by atoms with Crippen molar-refractivity contribution >= 4 is 5.96 Å². The molecule has 104 valence electrons. The first-order valence-electron chi connectivity index (χ1n) is 6.98. The van der Waals surface area contributed by atoms with Crippen molar-refractivity contribution in [3.05, 3.63) is 0 Å². The molecule has 0 aromatic carbocycles. The lowest BCUT2D eigenvalue weighted by Gasteiger charge is -2.59. The summed E-state index contributed by atoms with van der Waals surface area (Å²) < 4.78 is 5.65. The average Bonchev–Trinajstić information content (AvgIpc) is 2.30. The van der Waals surface area contributed by atoms with Crippen molar-refractivity contribution in [1.82, 2.24) is 10.6 Å². The molecule has 4 nitrogen and oxygen atoms in total. The number of hydrogen-bond acceptors (Lipinski definition) is 2. The van der Waals surface area contributed by atoms with Crippen molar-refractivity contribution in [2.75, 3.05) is 14.2 Å². The SMILES string of the molecule is CN=C(NC1CCC1)NC1CC(C)(OC)C1(C)C. The fourth-order valence-electron chi connectivity index (χ4n) is 2.80. The smallest absolute Gasteiger partial charge is 0.191 e. The molecule has 0 amide bonds. The zero-order valence-electron chi connectivity index (χ0n) is 12.3. The Hall–Kier alpha value is -0.770. The number of nitrogens with one attached hydrogen (secondary N) is 2. The quantitative estimate of drug-likeness (QED) is 0.596. The topological polar surface area (TPSA) is 45.7 Å². The van der Waals surface area contributed by atoms with Gasteiger partial charge in [0.2, 0.25) is 0 Å². The molecular weight excluding hydrogens is 226 g/mol. The molecule has 4 heteroatoms. The van der Waals surface area contributed by atoms with Gasteiger partial charge in [0.15, 0.2) is 5.96 Å². The second-order valence-corrected chi connectivity index (χ2v) is 6.40. The zero-order valence-corrected chi connectivity index (χ0v) is 12.3. The van der Waals surface area contributed by atoms with Crippen LogP contribution in [0.4, 0.5) is 0 Å². The highest BCUT2D eigenvalue weighted by atomic mass is 16.5. The van der Waals surface area contributed by atoms with Gasteiger partial charge in [-0.1, -0.05) is 13.8 Å². The summed E-state index contributed by atoms with van der Waals surface area (Å²) in [6, 6.07) is 1.04. The summed E-state index contributed by atoms with van der Waals surface area (Å²) in [5.74, 6) is 0.941.